The zero-order chi connectivity index (χ0) is 40.5. The maximum Gasteiger partial charge on any atom is 0.407 e. The summed E-state index contributed by atoms with van der Waals surface area (Å²) in [4.78, 5) is 56.8. The quantitative estimate of drug-likeness (QED) is 0.119. The Morgan fingerprint density at radius 3 is 2.18 bits per heavy atom. The van der Waals surface area contributed by atoms with Gasteiger partial charge in [-0.15, -0.1) is 0 Å². The van der Waals surface area contributed by atoms with Crippen molar-refractivity contribution >= 4 is 35.2 Å². The Kier molecular flexibility index (Phi) is 17.3. The van der Waals surface area contributed by atoms with Crippen LogP contribution in [-0.4, -0.2) is 107 Å². The Labute approximate surface area is 326 Å². The molecule has 2 N–H and O–H groups in total. The molecule has 0 bridgehead atoms. The molecular formula is C42H59N5O8. The van der Waals surface area contributed by atoms with Crippen LogP contribution in [0, 0.1) is 6.92 Å². The number of hydrogen-bond donors (Lipinski definition) is 2. The van der Waals surface area contributed by atoms with Crippen molar-refractivity contribution in [1.29, 1.82) is 0 Å². The predicted octanol–water partition coefficient (Wildman–Crippen LogP) is 6.79. The molecule has 55 heavy (non-hydrogen) atoms. The lowest BCUT2D eigenvalue weighted by Crippen LogP contribution is -2.33. The number of anilines is 2. The van der Waals surface area contributed by atoms with Crippen LogP contribution in [0.1, 0.15) is 79.2 Å². The van der Waals surface area contributed by atoms with Gasteiger partial charge < -0.3 is 44.3 Å². The number of benzene rings is 3. The topological polar surface area (TPSA) is 139 Å². The van der Waals surface area contributed by atoms with E-state index in [1.165, 1.54) is 12.0 Å². The Hall–Kier alpha value is -5.30. The zero-order valence-corrected chi connectivity index (χ0v) is 34.0. The van der Waals surface area contributed by atoms with Crippen LogP contribution in [0.2, 0.25) is 0 Å². The van der Waals surface area contributed by atoms with Crippen molar-refractivity contribution < 1.29 is 38.1 Å². The lowest BCUT2D eigenvalue weighted by atomic mass is 10.1. The third kappa shape index (κ3) is 14.8. The summed E-state index contributed by atoms with van der Waals surface area (Å²) in [7, 11) is 8.97. The molecule has 0 saturated carbocycles. The number of ether oxygens (including phenoxy) is 4. The molecule has 0 heterocycles. The third-order valence-corrected chi connectivity index (χ3v) is 8.46. The van der Waals surface area contributed by atoms with Gasteiger partial charge in [0, 0.05) is 45.7 Å². The van der Waals surface area contributed by atoms with E-state index >= 15 is 0 Å². The van der Waals surface area contributed by atoms with Gasteiger partial charge in [-0.2, -0.15) is 0 Å². The van der Waals surface area contributed by atoms with E-state index in [4.69, 9.17) is 18.9 Å². The summed E-state index contributed by atoms with van der Waals surface area (Å²) in [5, 5.41) is 5.56. The number of rotatable bonds is 20. The van der Waals surface area contributed by atoms with E-state index in [1.807, 2.05) is 46.3 Å². The Morgan fingerprint density at radius 1 is 0.764 bits per heavy atom. The number of amides is 4. The molecule has 0 aliphatic rings. The monoisotopic (exact) mass is 761 g/mol. The molecule has 3 aromatic rings. The molecule has 13 heteroatoms. The third-order valence-electron chi connectivity index (χ3n) is 8.46. The highest BCUT2D eigenvalue weighted by Crippen LogP contribution is 2.32. The fourth-order valence-corrected chi connectivity index (χ4v) is 5.38. The average molecular weight is 762 g/mol. The molecule has 0 saturated heterocycles. The van der Waals surface area contributed by atoms with Gasteiger partial charge >= 0.3 is 6.09 Å². The minimum atomic E-state index is -0.585. The lowest BCUT2D eigenvalue weighted by molar-refractivity contribution is -0.130. The molecule has 0 aliphatic carbocycles. The number of carbonyl (C=O) groups is 4. The van der Waals surface area contributed by atoms with Gasteiger partial charge in [-0.1, -0.05) is 18.2 Å². The summed E-state index contributed by atoms with van der Waals surface area (Å²) >= 11 is 0. The van der Waals surface area contributed by atoms with Gasteiger partial charge in [-0.25, -0.2) is 4.79 Å². The molecule has 0 spiro atoms. The highest BCUT2D eigenvalue weighted by molar-refractivity contribution is 6.09. The number of nitrogens with zero attached hydrogens (tertiary/aromatic N) is 3. The highest BCUT2D eigenvalue weighted by Gasteiger charge is 2.21. The van der Waals surface area contributed by atoms with Crippen LogP contribution >= 0.6 is 0 Å². The molecule has 0 atom stereocenters. The summed E-state index contributed by atoms with van der Waals surface area (Å²) in [6.45, 7) is 9.94. The number of likely N-dealkylation sites (N-methyl/N-ethyl adjacent to an activating group) is 2. The van der Waals surface area contributed by atoms with Crippen LogP contribution in [0.15, 0.2) is 60.7 Å². The van der Waals surface area contributed by atoms with E-state index in [9.17, 15) is 19.2 Å². The number of hydrogen-bond acceptors (Lipinski definition) is 9. The van der Waals surface area contributed by atoms with E-state index in [1.54, 1.807) is 75.2 Å². The second-order valence-corrected chi connectivity index (χ2v) is 14.6. The van der Waals surface area contributed by atoms with Gasteiger partial charge in [-0.3, -0.25) is 14.4 Å². The maximum absolute atomic E-state index is 13.8. The molecule has 0 radical (unpaired) electrons. The Morgan fingerprint density at radius 2 is 1.47 bits per heavy atom. The first-order valence-electron chi connectivity index (χ1n) is 18.7. The van der Waals surface area contributed by atoms with Gasteiger partial charge in [0.05, 0.1) is 37.3 Å². The molecule has 3 aromatic carbocycles. The van der Waals surface area contributed by atoms with Crippen LogP contribution in [0.3, 0.4) is 0 Å². The molecule has 300 valence electrons. The average Bonchev–Trinajstić information content (AvgIpc) is 3.13. The number of methoxy groups -OCH3 is 1. The van der Waals surface area contributed by atoms with Crippen molar-refractivity contribution in [2.45, 2.75) is 65.4 Å². The van der Waals surface area contributed by atoms with E-state index in [-0.39, 0.29) is 18.4 Å². The zero-order valence-electron chi connectivity index (χ0n) is 34.0. The van der Waals surface area contributed by atoms with Crippen molar-refractivity contribution in [2.75, 3.05) is 78.4 Å². The summed E-state index contributed by atoms with van der Waals surface area (Å²) in [5.41, 5.74) is 2.07. The SMILES string of the molecule is COc1cc(C(=O)N(C)c2ccc(C)cc2OCCCCCC(=O)N(C)CCN(C)C)ccc1NC(=O)c1ccccc1OCCCNC(=O)OC(C)(C)C. The van der Waals surface area contributed by atoms with Crippen molar-refractivity contribution in [1.82, 2.24) is 15.1 Å². The molecule has 3 rings (SSSR count). The number of unbranched alkanes of at least 4 members (excludes halogenated alkanes) is 2. The normalized spacial score (nSPS) is 11.1. The molecule has 4 amide bonds. The molecule has 0 aliphatic heterocycles. The Balaban J connectivity index is 1.58. The van der Waals surface area contributed by atoms with Crippen molar-refractivity contribution in [3.8, 4) is 17.2 Å². The second-order valence-electron chi connectivity index (χ2n) is 14.6. The molecule has 13 nitrogen and oxygen atoms in total. The number of nitrogens with one attached hydrogen (secondary N) is 2. The summed E-state index contributed by atoms with van der Waals surface area (Å²) < 4.78 is 22.9. The standard InChI is InChI=1S/C42H59N5O8/c1-30-19-22-34(37(28-30)54-26-14-10-11-18-38(48)46(7)25-24-45(5)6)47(8)40(50)31-20-21-33(36(29-31)52-9)44-39(49)32-16-12-13-17-35(32)53-27-15-23-43-41(51)55-42(2,3)4/h12-13,16-17,19-22,28-29H,10-11,14-15,18,23-27H2,1-9H3,(H,43,51)(H,44,49). The second kappa shape index (κ2) is 21.6. The number of para-hydroxylation sites is 1. The van der Waals surface area contributed by atoms with Gasteiger partial charge in [0.1, 0.15) is 22.8 Å². The van der Waals surface area contributed by atoms with Gasteiger partial charge in [-0.05, 0) is 116 Å². The number of carbonyl (C=O) groups excluding carboxylic acids is 4. The van der Waals surface area contributed by atoms with E-state index < -0.39 is 17.6 Å². The van der Waals surface area contributed by atoms with E-state index in [0.29, 0.717) is 72.3 Å². The minimum absolute atomic E-state index is 0.144. The first-order chi connectivity index (χ1) is 26.1. The first-order valence-corrected chi connectivity index (χ1v) is 18.7. The van der Waals surface area contributed by atoms with Crippen LogP contribution in [0.5, 0.6) is 17.2 Å². The van der Waals surface area contributed by atoms with Crippen molar-refractivity contribution in [2.24, 2.45) is 0 Å². The van der Waals surface area contributed by atoms with Crippen molar-refractivity contribution in [3.05, 3.63) is 77.4 Å². The fraction of sp³-hybridized carbons (Fsp3) is 0.476. The first kappa shape index (κ1) is 44.1. The van der Waals surface area contributed by atoms with Gasteiger partial charge in [0.15, 0.2) is 0 Å². The summed E-state index contributed by atoms with van der Waals surface area (Å²) in [5.74, 6) is 0.716. The molecule has 0 fully saturated rings. The molecule has 0 unspecified atom stereocenters. The van der Waals surface area contributed by atoms with Crippen molar-refractivity contribution in [3.63, 3.8) is 0 Å². The Bertz CT molecular complexity index is 1740. The predicted molar refractivity (Wildman–Crippen MR) is 216 cm³/mol. The van der Waals surface area contributed by atoms with Crippen LogP contribution in [0.25, 0.3) is 0 Å². The fourth-order valence-electron chi connectivity index (χ4n) is 5.38. The maximum atomic E-state index is 13.8. The van der Waals surface area contributed by atoms with Crippen LogP contribution < -0.4 is 29.7 Å². The number of alkyl carbamates (subject to hydrolysis) is 1. The summed E-state index contributed by atoms with van der Waals surface area (Å²) in [6, 6.07) is 17.4. The smallest absolute Gasteiger partial charge is 0.407 e. The van der Waals surface area contributed by atoms with Crippen LogP contribution in [-0.2, 0) is 9.53 Å². The summed E-state index contributed by atoms with van der Waals surface area (Å²) in [6.07, 6.45) is 2.90. The van der Waals surface area contributed by atoms with E-state index in [2.05, 4.69) is 15.5 Å². The molecule has 0 aromatic heterocycles. The number of aryl methyl sites for hydroxylation is 1. The largest absolute Gasteiger partial charge is 0.495 e. The highest BCUT2D eigenvalue weighted by atomic mass is 16.6. The van der Waals surface area contributed by atoms with Gasteiger partial charge in [0.2, 0.25) is 5.91 Å². The van der Waals surface area contributed by atoms with E-state index in [0.717, 1.165) is 31.4 Å². The lowest BCUT2D eigenvalue weighted by Gasteiger charge is -2.22. The minimum Gasteiger partial charge on any atom is -0.495 e. The molecular weight excluding hydrogens is 702 g/mol. The van der Waals surface area contributed by atoms with Crippen LogP contribution in [0.4, 0.5) is 16.2 Å². The van der Waals surface area contributed by atoms with Gasteiger partial charge in [0.25, 0.3) is 11.8 Å².